The van der Waals surface area contributed by atoms with E-state index >= 15 is 0 Å². The van der Waals surface area contributed by atoms with Gasteiger partial charge in [-0.05, 0) is 31.0 Å². The summed E-state index contributed by atoms with van der Waals surface area (Å²) < 4.78 is 15.7. The van der Waals surface area contributed by atoms with Crippen molar-refractivity contribution >= 4 is 29.3 Å². The van der Waals surface area contributed by atoms with E-state index in [1.165, 1.54) is 0 Å². The number of rotatable bonds is 6. The highest BCUT2D eigenvalue weighted by atomic mass is 16.5. The molecular formula is C25H32N4O7. The summed E-state index contributed by atoms with van der Waals surface area (Å²) >= 11 is 0. The smallest absolute Gasteiger partial charge is 0.255 e. The first-order valence-electron chi connectivity index (χ1n) is 12.0. The van der Waals surface area contributed by atoms with Gasteiger partial charge in [0.2, 0.25) is 11.8 Å². The van der Waals surface area contributed by atoms with Crippen molar-refractivity contribution in [3.05, 3.63) is 23.8 Å². The van der Waals surface area contributed by atoms with Crippen molar-refractivity contribution in [1.82, 2.24) is 14.8 Å². The summed E-state index contributed by atoms with van der Waals surface area (Å²) in [7, 11) is 3.15. The van der Waals surface area contributed by atoms with Crippen LogP contribution in [0.3, 0.4) is 0 Å². The summed E-state index contributed by atoms with van der Waals surface area (Å²) in [5, 5.41) is 6.33. The zero-order chi connectivity index (χ0) is 26.0. The number of methoxy groups -OCH3 is 2. The second-order valence-electron chi connectivity index (χ2n) is 9.81. The lowest BCUT2D eigenvalue weighted by atomic mass is 9.82. The average Bonchev–Trinajstić information content (AvgIpc) is 2.87. The maximum Gasteiger partial charge on any atom is 0.255 e. The Morgan fingerprint density at radius 3 is 2.31 bits per heavy atom. The number of carbonyl (C=O) groups excluding carboxylic acids is 4. The lowest BCUT2D eigenvalue weighted by molar-refractivity contribution is -0.162. The van der Waals surface area contributed by atoms with Gasteiger partial charge in [-0.2, -0.15) is 5.10 Å². The summed E-state index contributed by atoms with van der Waals surface area (Å²) in [6.07, 6.45) is 1.57. The van der Waals surface area contributed by atoms with Gasteiger partial charge in [-0.3, -0.25) is 24.1 Å². The highest BCUT2D eigenvalue weighted by Gasteiger charge is 2.42. The van der Waals surface area contributed by atoms with E-state index in [0.717, 1.165) is 16.2 Å². The van der Waals surface area contributed by atoms with E-state index in [-0.39, 0.29) is 37.6 Å². The first-order chi connectivity index (χ1) is 17.1. The normalized spacial score (nSPS) is 20.9. The van der Waals surface area contributed by atoms with Crippen molar-refractivity contribution in [3.8, 4) is 11.5 Å². The monoisotopic (exact) mass is 500 g/mol. The van der Waals surface area contributed by atoms with Gasteiger partial charge in [-0.25, -0.2) is 5.01 Å². The highest BCUT2D eigenvalue weighted by Crippen LogP contribution is 2.36. The molecule has 0 aromatic heterocycles. The molecule has 11 heteroatoms. The van der Waals surface area contributed by atoms with Crippen LogP contribution < -0.4 is 9.47 Å². The number of benzene rings is 1. The zero-order valence-corrected chi connectivity index (χ0v) is 21.1. The fourth-order valence-electron chi connectivity index (χ4n) is 4.73. The molecule has 36 heavy (non-hydrogen) atoms. The van der Waals surface area contributed by atoms with Gasteiger partial charge in [0.1, 0.15) is 19.8 Å². The number of hydrogen-bond acceptors (Lipinski definition) is 8. The summed E-state index contributed by atoms with van der Waals surface area (Å²) in [4.78, 5) is 52.5. The standard InChI is InChI=1S/C25H32N4O7/c1-25(2)12-18(16-5-6-19(34-3)20(11-16)35-4)26-29(24(25)33)17-7-9-27(10-8-17)21(30)13-28-22(31)14-36-15-23(28)32/h5-6,11,17H,7-10,12-15H2,1-4H3. The van der Waals surface area contributed by atoms with Crippen molar-refractivity contribution in [2.75, 3.05) is 47.1 Å². The maximum atomic E-state index is 13.3. The predicted molar refractivity (Wildman–Crippen MR) is 128 cm³/mol. The number of piperidine rings is 1. The summed E-state index contributed by atoms with van der Waals surface area (Å²) in [5.41, 5.74) is 0.989. The van der Waals surface area contributed by atoms with Crippen LogP contribution in [0.4, 0.5) is 0 Å². The molecule has 0 saturated carbocycles. The predicted octanol–water partition coefficient (Wildman–Crippen LogP) is 1.04. The first kappa shape index (κ1) is 25.6. The molecule has 1 aromatic rings. The maximum absolute atomic E-state index is 13.3. The van der Waals surface area contributed by atoms with Crippen LogP contribution in [0, 0.1) is 5.41 Å². The minimum Gasteiger partial charge on any atom is -0.493 e. The zero-order valence-electron chi connectivity index (χ0n) is 21.1. The SMILES string of the molecule is COc1ccc(C2=NN(C3CCN(C(=O)CN4C(=O)COCC4=O)CC3)C(=O)C(C)(C)C2)cc1OC. The largest absolute Gasteiger partial charge is 0.493 e. The molecule has 3 aliphatic heterocycles. The number of hydrazone groups is 1. The molecule has 0 bridgehead atoms. The van der Waals surface area contributed by atoms with E-state index < -0.39 is 17.2 Å². The van der Waals surface area contributed by atoms with E-state index in [1.807, 2.05) is 32.0 Å². The van der Waals surface area contributed by atoms with Crippen molar-refractivity contribution in [2.24, 2.45) is 10.5 Å². The molecule has 2 saturated heterocycles. The van der Waals surface area contributed by atoms with E-state index in [0.29, 0.717) is 43.9 Å². The number of hydrogen-bond donors (Lipinski definition) is 0. The number of likely N-dealkylation sites (tertiary alicyclic amines) is 1. The van der Waals surface area contributed by atoms with Gasteiger partial charge in [-0.15, -0.1) is 0 Å². The van der Waals surface area contributed by atoms with Gasteiger partial charge in [0.05, 0.1) is 31.4 Å². The molecule has 4 rings (SSSR count). The van der Waals surface area contributed by atoms with Crippen molar-refractivity contribution in [2.45, 2.75) is 39.2 Å². The van der Waals surface area contributed by atoms with Crippen LogP contribution >= 0.6 is 0 Å². The topological polar surface area (TPSA) is 118 Å². The molecule has 2 fully saturated rings. The van der Waals surface area contributed by atoms with Gasteiger partial charge in [-0.1, -0.05) is 13.8 Å². The van der Waals surface area contributed by atoms with Gasteiger partial charge in [0.15, 0.2) is 11.5 Å². The Morgan fingerprint density at radius 2 is 1.69 bits per heavy atom. The number of ether oxygens (including phenoxy) is 3. The van der Waals surface area contributed by atoms with Crippen molar-refractivity contribution in [1.29, 1.82) is 0 Å². The van der Waals surface area contributed by atoms with Crippen molar-refractivity contribution in [3.63, 3.8) is 0 Å². The Bertz CT molecular complexity index is 1080. The summed E-state index contributed by atoms with van der Waals surface area (Å²) in [6.45, 7) is 3.94. The average molecular weight is 501 g/mol. The number of carbonyl (C=O) groups is 4. The van der Waals surface area contributed by atoms with Gasteiger partial charge in [0.25, 0.3) is 11.8 Å². The number of imide groups is 1. The van der Waals surface area contributed by atoms with Crippen LogP contribution in [0.5, 0.6) is 11.5 Å². The molecule has 11 nitrogen and oxygen atoms in total. The number of nitrogens with zero attached hydrogens (tertiary/aromatic N) is 4. The first-order valence-corrected chi connectivity index (χ1v) is 12.0. The summed E-state index contributed by atoms with van der Waals surface area (Å²) in [6, 6.07) is 5.41. The number of morpholine rings is 1. The molecule has 0 aliphatic carbocycles. The van der Waals surface area contributed by atoms with Crippen LogP contribution in [-0.2, 0) is 23.9 Å². The van der Waals surface area contributed by atoms with Crippen LogP contribution in [0.1, 0.15) is 38.7 Å². The molecule has 0 atom stereocenters. The van der Waals surface area contributed by atoms with E-state index in [9.17, 15) is 19.2 Å². The summed E-state index contributed by atoms with van der Waals surface area (Å²) in [5.74, 6) is -0.163. The molecule has 1 aromatic carbocycles. The third-order valence-electron chi connectivity index (χ3n) is 6.85. The van der Waals surface area contributed by atoms with Crippen LogP contribution in [0.25, 0.3) is 0 Å². The fraction of sp³-hybridized carbons (Fsp3) is 0.560. The molecule has 0 radical (unpaired) electrons. The van der Waals surface area contributed by atoms with Gasteiger partial charge in [0, 0.05) is 25.1 Å². The Morgan fingerprint density at radius 1 is 1.06 bits per heavy atom. The van der Waals surface area contributed by atoms with Crippen LogP contribution in [-0.4, -0.2) is 97.3 Å². The van der Waals surface area contributed by atoms with E-state index in [1.54, 1.807) is 24.1 Å². The molecule has 3 heterocycles. The highest BCUT2D eigenvalue weighted by molar-refractivity contribution is 6.06. The second kappa shape index (κ2) is 10.3. The molecule has 0 N–H and O–H groups in total. The molecule has 0 unspecified atom stereocenters. The lowest BCUT2D eigenvalue weighted by Gasteiger charge is -2.42. The molecule has 0 spiro atoms. The second-order valence-corrected chi connectivity index (χ2v) is 9.81. The fourth-order valence-corrected chi connectivity index (χ4v) is 4.73. The Hall–Kier alpha value is -3.47. The lowest BCUT2D eigenvalue weighted by Crippen LogP contribution is -2.55. The minimum absolute atomic E-state index is 0.0546. The molecule has 194 valence electrons. The minimum atomic E-state index is -0.645. The Labute approximate surface area is 209 Å². The Kier molecular flexibility index (Phi) is 7.30. The van der Waals surface area contributed by atoms with E-state index in [2.05, 4.69) is 0 Å². The molecule has 4 amide bonds. The van der Waals surface area contributed by atoms with Crippen LogP contribution in [0.15, 0.2) is 23.3 Å². The third kappa shape index (κ3) is 5.06. The quantitative estimate of drug-likeness (QED) is 0.536. The Balaban J connectivity index is 1.47. The molecular weight excluding hydrogens is 468 g/mol. The third-order valence-corrected chi connectivity index (χ3v) is 6.85. The molecule has 3 aliphatic rings. The van der Waals surface area contributed by atoms with Crippen LogP contribution in [0.2, 0.25) is 0 Å². The van der Waals surface area contributed by atoms with Gasteiger partial charge < -0.3 is 19.1 Å². The van der Waals surface area contributed by atoms with Crippen molar-refractivity contribution < 1.29 is 33.4 Å². The number of amides is 4. The van der Waals surface area contributed by atoms with E-state index in [4.69, 9.17) is 19.3 Å². The van der Waals surface area contributed by atoms with Gasteiger partial charge >= 0.3 is 0 Å².